The van der Waals surface area contributed by atoms with E-state index in [0.717, 1.165) is 24.2 Å². The van der Waals surface area contributed by atoms with E-state index < -0.39 is 0 Å². The van der Waals surface area contributed by atoms with Gasteiger partial charge in [0.05, 0.1) is 6.61 Å². The predicted octanol–water partition coefficient (Wildman–Crippen LogP) is 4.69. The fraction of sp³-hybridized carbons (Fsp3) is 0.294. The molecule has 0 aliphatic heterocycles. The Labute approximate surface area is 124 Å². The lowest BCUT2D eigenvalue weighted by Gasteiger charge is -2.14. The fourth-order valence-corrected chi connectivity index (χ4v) is 2.35. The van der Waals surface area contributed by atoms with Gasteiger partial charge in [-0.15, -0.1) is 11.6 Å². The van der Waals surface area contributed by atoms with Crippen molar-refractivity contribution in [3.05, 3.63) is 66.0 Å². The van der Waals surface area contributed by atoms with E-state index in [1.807, 2.05) is 36.4 Å². The molecule has 0 radical (unpaired) electrons. The maximum Gasteiger partial charge on any atom is 0.123 e. The number of benzene rings is 2. The molecule has 0 aliphatic carbocycles. The molecular formula is C17H18ClFO. The van der Waals surface area contributed by atoms with Gasteiger partial charge in [0.2, 0.25) is 0 Å². The summed E-state index contributed by atoms with van der Waals surface area (Å²) in [5.41, 5.74) is 0.982. The van der Waals surface area contributed by atoms with Crippen LogP contribution in [0.25, 0.3) is 0 Å². The first-order chi connectivity index (χ1) is 9.78. The number of para-hydroxylation sites is 1. The summed E-state index contributed by atoms with van der Waals surface area (Å²) < 4.78 is 18.8. The molecule has 2 aromatic rings. The molecule has 2 aromatic carbocycles. The number of alkyl halides is 1. The summed E-state index contributed by atoms with van der Waals surface area (Å²) >= 11 is 5.99. The van der Waals surface area contributed by atoms with Crippen LogP contribution in [0.5, 0.6) is 5.75 Å². The van der Waals surface area contributed by atoms with E-state index in [1.165, 1.54) is 6.07 Å². The van der Waals surface area contributed by atoms with Gasteiger partial charge in [0.15, 0.2) is 0 Å². The molecule has 0 saturated heterocycles. The van der Waals surface area contributed by atoms with E-state index in [1.54, 1.807) is 12.1 Å². The van der Waals surface area contributed by atoms with E-state index >= 15 is 0 Å². The first-order valence-electron chi connectivity index (χ1n) is 6.76. The van der Waals surface area contributed by atoms with Gasteiger partial charge < -0.3 is 4.74 Å². The Kier molecular flexibility index (Phi) is 5.87. The van der Waals surface area contributed by atoms with Crippen LogP contribution in [0.1, 0.15) is 12.0 Å². The summed E-state index contributed by atoms with van der Waals surface area (Å²) in [6.07, 6.45) is 1.63. The van der Waals surface area contributed by atoms with Gasteiger partial charge in [-0.05, 0) is 48.6 Å². The van der Waals surface area contributed by atoms with Crippen molar-refractivity contribution < 1.29 is 9.13 Å². The van der Waals surface area contributed by atoms with E-state index in [2.05, 4.69) is 0 Å². The Morgan fingerprint density at radius 3 is 2.55 bits per heavy atom. The highest BCUT2D eigenvalue weighted by Gasteiger charge is 2.09. The van der Waals surface area contributed by atoms with E-state index in [-0.39, 0.29) is 5.82 Å². The lowest BCUT2D eigenvalue weighted by Crippen LogP contribution is -2.11. The van der Waals surface area contributed by atoms with Crippen molar-refractivity contribution in [1.29, 1.82) is 0 Å². The quantitative estimate of drug-likeness (QED) is 0.673. The van der Waals surface area contributed by atoms with Crippen LogP contribution in [0.3, 0.4) is 0 Å². The second-order valence-electron chi connectivity index (χ2n) is 4.80. The molecule has 1 nitrogen and oxygen atoms in total. The molecule has 1 atom stereocenters. The van der Waals surface area contributed by atoms with Gasteiger partial charge in [-0.2, -0.15) is 0 Å². The molecule has 20 heavy (non-hydrogen) atoms. The van der Waals surface area contributed by atoms with Crippen LogP contribution < -0.4 is 4.74 Å². The number of ether oxygens (including phenoxy) is 1. The normalized spacial score (nSPS) is 12.1. The summed E-state index contributed by atoms with van der Waals surface area (Å²) in [6.45, 7) is 0.622. The second-order valence-corrected chi connectivity index (χ2v) is 5.11. The lowest BCUT2D eigenvalue weighted by atomic mass is 9.98. The molecule has 0 spiro atoms. The van der Waals surface area contributed by atoms with Gasteiger partial charge in [0, 0.05) is 5.88 Å². The molecule has 106 valence electrons. The Morgan fingerprint density at radius 1 is 1.05 bits per heavy atom. The van der Waals surface area contributed by atoms with Crippen LogP contribution in [-0.2, 0) is 6.42 Å². The summed E-state index contributed by atoms with van der Waals surface area (Å²) in [5, 5.41) is 0. The Bertz CT molecular complexity index is 515. The van der Waals surface area contributed by atoms with Gasteiger partial charge in [0.1, 0.15) is 11.6 Å². The zero-order chi connectivity index (χ0) is 14.2. The number of hydrogen-bond donors (Lipinski definition) is 0. The minimum atomic E-state index is -0.198. The van der Waals surface area contributed by atoms with Gasteiger partial charge in [-0.1, -0.05) is 30.3 Å². The predicted molar refractivity (Wildman–Crippen MR) is 80.9 cm³/mol. The van der Waals surface area contributed by atoms with Crippen molar-refractivity contribution in [3.63, 3.8) is 0 Å². The Morgan fingerprint density at radius 2 is 1.85 bits per heavy atom. The number of halogens is 2. The molecule has 0 bridgehead atoms. The minimum absolute atomic E-state index is 0.198. The van der Waals surface area contributed by atoms with Crippen molar-refractivity contribution in [3.8, 4) is 5.75 Å². The third-order valence-corrected chi connectivity index (χ3v) is 3.61. The lowest BCUT2D eigenvalue weighted by molar-refractivity contribution is 0.284. The topological polar surface area (TPSA) is 9.23 Å². The first-order valence-corrected chi connectivity index (χ1v) is 7.29. The number of hydrogen-bond acceptors (Lipinski definition) is 1. The average molecular weight is 293 g/mol. The van der Waals surface area contributed by atoms with Crippen LogP contribution in [0.4, 0.5) is 4.39 Å². The van der Waals surface area contributed by atoms with Crippen LogP contribution in [0.15, 0.2) is 54.6 Å². The third kappa shape index (κ3) is 4.86. The van der Waals surface area contributed by atoms with Crippen LogP contribution >= 0.6 is 11.6 Å². The summed E-state index contributed by atoms with van der Waals surface area (Å²) in [7, 11) is 0. The van der Waals surface area contributed by atoms with Gasteiger partial charge in [-0.3, -0.25) is 0 Å². The van der Waals surface area contributed by atoms with Gasteiger partial charge in [0.25, 0.3) is 0 Å². The van der Waals surface area contributed by atoms with Crippen molar-refractivity contribution in [2.45, 2.75) is 12.8 Å². The summed E-state index contributed by atoms with van der Waals surface area (Å²) in [5.74, 6) is 1.51. The molecule has 0 fully saturated rings. The summed E-state index contributed by atoms with van der Waals surface area (Å²) in [4.78, 5) is 0. The van der Waals surface area contributed by atoms with Crippen LogP contribution in [-0.4, -0.2) is 12.5 Å². The van der Waals surface area contributed by atoms with Crippen molar-refractivity contribution in [1.82, 2.24) is 0 Å². The number of rotatable bonds is 7. The molecule has 3 heteroatoms. The van der Waals surface area contributed by atoms with E-state index in [0.29, 0.717) is 18.4 Å². The maximum absolute atomic E-state index is 13.1. The molecule has 0 N–H and O–H groups in total. The SMILES string of the molecule is Fc1cccc(CC(CCl)CCOc2ccccc2)c1. The molecule has 0 heterocycles. The maximum atomic E-state index is 13.1. The monoisotopic (exact) mass is 292 g/mol. The van der Waals surface area contributed by atoms with Crippen molar-refractivity contribution in [2.75, 3.05) is 12.5 Å². The van der Waals surface area contributed by atoms with E-state index in [9.17, 15) is 4.39 Å². The molecular weight excluding hydrogens is 275 g/mol. The highest BCUT2D eigenvalue weighted by atomic mass is 35.5. The molecule has 0 aliphatic rings. The molecule has 0 saturated carbocycles. The fourth-order valence-electron chi connectivity index (χ4n) is 2.09. The Balaban J connectivity index is 1.80. The second kappa shape index (κ2) is 7.91. The highest BCUT2D eigenvalue weighted by Crippen LogP contribution is 2.16. The van der Waals surface area contributed by atoms with Gasteiger partial charge in [-0.25, -0.2) is 4.39 Å². The van der Waals surface area contributed by atoms with Crippen LogP contribution in [0, 0.1) is 11.7 Å². The van der Waals surface area contributed by atoms with E-state index in [4.69, 9.17) is 16.3 Å². The average Bonchev–Trinajstić information content (AvgIpc) is 2.47. The first kappa shape index (κ1) is 14.9. The standard InChI is InChI=1S/C17H18ClFO/c18-13-15(11-14-5-4-6-16(19)12-14)9-10-20-17-7-2-1-3-8-17/h1-8,12,15H,9-11,13H2. The minimum Gasteiger partial charge on any atom is -0.494 e. The Hall–Kier alpha value is -1.54. The summed E-state index contributed by atoms with van der Waals surface area (Å²) in [6, 6.07) is 16.4. The van der Waals surface area contributed by atoms with Crippen molar-refractivity contribution in [2.24, 2.45) is 5.92 Å². The molecule has 1 unspecified atom stereocenters. The smallest absolute Gasteiger partial charge is 0.123 e. The van der Waals surface area contributed by atoms with Gasteiger partial charge >= 0.3 is 0 Å². The van der Waals surface area contributed by atoms with Crippen molar-refractivity contribution >= 4 is 11.6 Å². The highest BCUT2D eigenvalue weighted by molar-refractivity contribution is 6.18. The largest absolute Gasteiger partial charge is 0.494 e. The molecule has 0 amide bonds. The van der Waals surface area contributed by atoms with Crippen LogP contribution in [0.2, 0.25) is 0 Å². The third-order valence-electron chi connectivity index (χ3n) is 3.17. The molecule has 0 aromatic heterocycles. The molecule has 2 rings (SSSR count). The zero-order valence-corrected chi connectivity index (χ0v) is 12.0. The zero-order valence-electron chi connectivity index (χ0n) is 11.3.